The molecule has 19 heavy (non-hydrogen) atoms. The van der Waals surface area contributed by atoms with Crippen LogP contribution in [0.4, 0.5) is 10.1 Å². The Bertz CT molecular complexity index is 454. The number of nitrogens with one attached hydrogen (secondary N) is 1. The van der Waals surface area contributed by atoms with Crippen LogP contribution in [0.15, 0.2) is 18.2 Å². The number of rotatable bonds is 3. The van der Waals surface area contributed by atoms with Crippen molar-refractivity contribution in [2.24, 2.45) is 5.73 Å². The van der Waals surface area contributed by atoms with E-state index in [1.54, 1.807) is 12.1 Å². The van der Waals surface area contributed by atoms with Crippen LogP contribution in [-0.2, 0) is 0 Å². The van der Waals surface area contributed by atoms with Crippen LogP contribution in [0.2, 0.25) is 5.02 Å². The average Bonchev–Trinajstić information content (AvgIpc) is 2.32. The maximum atomic E-state index is 13.2. The Balaban J connectivity index is 2.13. The number of halogens is 2. The molecule has 1 aliphatic heterocycles. The molecular weight excluding hydrogens is 265 g/mol. The van der Waals surface area contributed by atoms with E-state index in [4.69, 9.17) is 17.3 Å². The molecule has 5 heteroatoms. The van der Waals surface area contributed by atoms with Gasteiger partial charge in [-0.2, -0.15) is 0 Å². The van der Waals surface area contributed by atoms with E-state index in [-0.39, 0.29) is 22.6 Å². The first-order valence-electron chi connectivity index (χ1n) is 6.55. The van der Waals surface area contributed by atoms with E-state index in [0.29, 0.717) is 6.54 Å². The van der Waals surface area contributed by atoms with E-state index in [1.807, 2.05) is 0 Å². The van der Waals surface area contributed by atoms with E-state index in [2.05, 4.69) is 24.5 Å². The van der Waals surface area contributed by atoms with Crippen LogP contribution in [0.5, 0.6) is 0 Å². The fourth-order valence-electron chi connectivity index (χ4n) is 2.89. The lowest BCUT2D eigenvalue weighted by atomic mass is 9.82. The number of nitrogens with two attached hydrogens (primary N) is 1. The third-order valence-corrected chi connectivity index (χ3v) is 3.82. The van der Waals surface area contributed by atoms with Crippen molar-refractivity contribution in [3.63, 3.8) is 0 Å². The Hall–Kier alpha value is -0.840. The smallest absolute Gasteiger partial charge is 0.141 e. The molecule has 3 atom stereocenters. The summed E-state index contributed by atoms with van der Waals surface area (Å²) in [7, 11) is 0. The third-order valence-electron chi connectivity index (χ3n) is 3.54. The number of benzene rings is 1. The molecule has 1 saturated heterocycles. The van der Waals surface area contributed by atoms with Crippen molar-refractivity contribution in [3.05, 3.63) is 29.0 Å². The van der Waals surface area contributed by atoms with Gasteiger partial charge < -0.3 is 11.1 Å². The van der Waals surface area contributed by atoms with Crippen molar-refractivity contribution in [1.29, 1.82) is 0 Å². The largest absolute Gasteiger partial charge is 0.380 e. The van der Waals surface area contributed by atoms with Gasteiger partial charge >= 0.3 is 0 Å². The molecule has 3 N–H and O–H groups in total. The van der Waals surface area contributed by atoms with Crippen molar-refractivity contribution in [2.75, 3.05) is 11.9 Å². The van der Waals surface area contributed by atoms with Crippen LogP contribution in [0.1, 0.15) is 26.7 Å². The van der Waals surface area contributed by atoms with Gasteiger partial charge in [0.1, 0.15) is 5.82 Å². The quantitative estimate of drug-likeness (QED) is 0.897. The Morgan fingerprint density at radius 1 is 1.53 bits per heavy atom. The van der Waals surface area contributed by atoms with Gasteiger partial charge in [-0.25, -0.2) is 9.71 Å². The predicted molar refractivity (Wildman–Crippen MR) is 77.1 cm³/mol. The molecule has 1 aromatic carbocycles. The molecule has 0 aromatic heterocycles. The van der Waals surface area contributed by atoms with Crippen LogP contribution < -0.4 is 16.4 Å². The molecule has 2 rings (SSSR count). The molecule has 0 spiro atoms. The topological polar surface area (TPSA) is 52.1 Å². The number of piperidine rings is 1. The summed E-state index contributed by atoms with van der Waals surface area (Å²) in [6.07, 6.45) is 1.81. The highest BCUT2D eigenvalue weighted by Crippen LogP contribution is 2.30. The average molecular weight is 285 g/mol. The molecule has 3 unspecified atom stereocenters. The Kier molecular flexibility index (Phi) is 4.33. The van der Waals surface area contributed by atoms with Crippen molar-refractivity contribution in [3.8, 4) is 0 Å². The van der Waals surface area contributed by atoms with Gasteiger partial charge in [-0.3, -0.25) is 0 Å². The molecule has 0 aliphatic carbocycles. The highest BCUT2D eigenvalue weighted by Gasteiger charge is 2.35. The lowest BCUT2D eigenvalue weighted by Crippen LogP contribution is -2.53. The highest BCUT2D eigenvalue weighted by atomic mass is 35.5. The van der Waals surface area contributed by atoms with Gasteiger partial charge in [0.15, 0.2) is 0 Å². The van der Waals surface area contributed by atoms with Gasteiger partial charge in [-0.15, -0.1) is 0 Å². The second-order valence-corrected chi connectivity index (χ2v) is 6.02. The lowest BCUT2D eigenvalue weighted by Gasteiger charge is -2.42. The number of hydrogen-bond donors (Lipinski definition) is 2. The first-order chi connectivity index (χ1) is 8.92. The zero-order valence-electron chi connectivity index (χ0n) is 11.3. The summed E-state index contributed by atoms with van der Waals surface area (Å²) in [6.45, 7) is 4.81. The molecule has 0 saturated carbocycles. The van der Waals surface area contributed by atoms with Gasteiger partial charge in [0.2, 0.25) is 0 Å². The Labute approximate surface area is 118 Å². The van der Waals surface area contributed by atoms with Gasteiger partial charge in [0, 0.05) is 29.9 Å². The minimum absolute atomic E-state index is 0.0909. The summed E-state index contributed by atoms with van der Waals surface area (Å²) in [5.41, 5.74) is 6.47. The zero-order valence-corrected chi connectivity index (χ0v) is 12.0. The van der Waals surface area contributed by atoms with Crippen LogP contribution in [0, 0.1) is 5.82 Å². The van der Waals surface area contributed by atoms with Crippen LogP contribution in [0.3, 0.4) is 0 Å². The minimum Gasteiger partial charge on any atom is -0.380 e. The molecule has 1 aliphatic rings. The Morgan fingerprint density at radius 2 is 2.26 bits per heavy atom. The maximum absolute atomic E-state index is 13.2. The fourth-order valence-corrected chi connectivity index (χ4v) is 3.07. The Morgan fingerprint density at radius 3 is 2.89 bits per heavy atom. The summed E-state index contributed by atoms with van der Waals surface area (Å²) in [6, 6.07) is 5.16. The summed E-state index contributed by atoms with van der Waals surface area (Å²) in [5.74, 6) is -0.399. The standard InChI is InChI=1S/C14H20ClFN3/c1-9-6-14(2,7-11(8-17)18-9)19-10-3-4-13(16)12(15)5-10/h3-5,9,11,19H,6-8,17H2,1-2H3. The molecule has 105 valence electrons. The highest BCUT2D eigenvalue weighted by molar-refractivity contribution is 6.31. The lowest BCUT2D eigenvalue weighted by molar-refractivity contribution is 0.244. The van der Waals surface area contributed by atoms with Crippen LogP contribution in [-0.4, -0.2) is 24.2 Å². The second kappa shape index (κ2) is 5.65. The molecule has 1 radical (unpaired) electrons. The van der Waals surface area contributed by atoms with Gasteiger partial charge in [-0.05, 0) is 44.9 Å². The van der Waals surface area contributed by atoms with Crippen molar-refractivity contribution < 1.29 is 4.39 Å². The van der Waals surface area contributed by atoms with Gasteiger partial charge in [-0.1, -0.05) is 11.6 Å². The van der Waals surface area contributed by atoms with Crippen LogP contribution >= 0.6 is 11.6 Å². The molecule has 3 nitrogen and oxygen atoms in total. The normalized spacial score (nSPS) is 31.2. The third kappa shape index (κ3) is 3.59. The summed E-state index contributed by atoms with van der Waals surface area (Å²) in [5, 5.41) is 8.21. The fraction of sp³-hybridized carbons (Fsp3) is 0.571. The first-order valence-corrected chi connectivity index (χ1v) is 6.93. The van der Waals surface area contributed by atoms with E-state index in [9.17, 15) is 4.39 Å². The van der Waals surface area contributed by atoms with Crippen molar-refractivity contribution in [2.45, 2.75) is 44.3 Å². The molecular formula is C14H20ClFN3. The predicted octanol–water partition coefficient (Wildman–Crippen LogP) is 2.76. The molecule has 1 aromatic rings. The number of nitrogens with zero attached hydrogens (tertiary/aromatic N) is 1. The van der Waals surface area contributed by atoms with E-state index < -0.39 is 5.82 Å². The van der Waals surface area contributed by atoms with E-state index in [1.165, 1.54) is 6.07 Å². The number of hydrogen-bond acceptors (Lipinski definition) is 2. The SMILES string of the molecule is CC1CC(C)(Nc2ccc(F)c(Cl)c2)CC(CN)[N]1. The zero-order chi connectivity index (χ0) is 14.0. The maximum Gasteiger partial charge on any atom is 0.141 e. The van der Waals surface area contributed by atoms with Crippen molar-refractivity contribution in [1.82, 2.24) is 5.32 Å². The summed E-state index contributed by atoms with van der Waals surface area (Å²) in [4.78, 5) is 0. The van der Waals surface area contributed by atoms with Gasteiger partial charge in [0.25, 0.3) is 0 Å². The van der Waals surface area contributed by atoms with Crippen LogP contribution in [0.25, 0.3) is 0 Å². The molecule has 0 amide bonds. The minimum atomic E-state index is -0.399. The second-order valence-electron chi connectivity index (χ2n) is 5.61. The number of anilines is 1. The first kappa shape index (κ1) is 14.6. The summed E-state index contributed by atoms with van der Waals surface area (Å²) < 4.78 is 13.2. The van der Waals surface area contributed by atoms with Gasteiger partial charge in [0.05, 0.1) is 5.02 Å². The summed E-state index contributed by atoms with van der Waals surface area (Å²) >= 11 is 5.81. The van der Waals surface area contributed by atoms with E-state index >= 15 is 0 Å². The van der Waals surface area contributed by atoms with Crippen molar-refractivity contribution >= 4 is 17.3 Å². The monoisotopic (exact) mass is 284 g/mol. The molecule has 1 heterocycles. The molecule has 1 fully saturated rings. The van der Waals surface area contributed by atoms with E-state index in [0.717, 1.165) is 18.5 Å². The molecule has 0 bridgehead atoms.